The van der Waals surface area contributed by atoms with Gasteiger partial charge in [-0.1, -0.05) is 57.9 Å². The largest absolute Gasteiger partial charge is 0.308 e. The SMILES string of the molecule is CCCC(C)(C)NCc1ccc(CN(C)CCN(C)CC(C)CC)cc1. The van der Waals surface area contributed by atoms with Crippen molar-refractivity contribution in [1.29, 1.82) is 0 Å². The number of hydrogen-bond acceptors (Lipinski definition) is 3. The van der Waals surface area contributed by atoms with Crippen LogP contribution in [0.5, 0.6) is 0 Å². The Balaban J connectivity index is 2.37. The van der Waals surface area contributed by atoms with Gasteiger partial charge < -0.3 is 15.1 Å². The third-order valence-corrected chi connectivity index (χ3v) is 5.31. The summed E-state index contributed by atoms with van der Waals surface area (Å²) >= 11 is 0. The number of likely N-dealkylation sites (N-methyl/N-ethyl adjacent to an activating group) is 2. The molecule has 0 heterocycles. The maximum Gasteiger partial charge on any atom is 0.0231 e. The van der Waals surface area contributed by atoms with E-state index in [0.717, 1.165) is 32.1 Å². The van der Waals surface area contributed by atoms with E-state index in [1.54, 1.807) is 0 Å². The lowest BCUT2D eigenvalue weighted by Gasteiger charge is -2.26. The minimum atomic E-state index is 0.217. The molecule has 1 aromatic rings. The average Bonchev–Trinajstić information content (AvgIpc) is 2.59. The predicted molar refractivity (Wildman–Crippen MR) is 116 cm³/mol. The van der Waals surface area contributed by atoms with Crippen LogP contribution in [0.25, 0.3) is 0 Å². The quantitative estimate of drug-likeness (QED) is 0.546. The molecule has 0 saturated heterocycles. The molecular formula is C23H43N3. The van der Waals surface area contributed by atoms with E-state index in [1.807, 2.05) is 0 Å². The van der Waals surface area contributed by atoms with Crippen LogP contribution in [0.4, 0.5) is 0 Å². The zero-order valence-corrected chi connectivity index (χ0v) is 18.4. The van der Waals surface area contributed by atoms with Crippen molar-refractivity contribution in [2.24, 2.45) is 5.92 Å². The van der Waals surface area contributed by atoms with Crippen LogP contribution < -0.4 is 5.32 Å². The first-order valence-electron chi connectivity index (χ1n) is 10.5. The van der Waals surface area contributed by atoms with E-state index >= 15 is 0 Å². The second kappa shape index (κ2) is 11.7. The highest BCUT2D eigenvalue weighted by Crippen LogP contribution is 2.13. The zero-order chi connectivity index (χ0) is 19.6. The average molecular weight is 362 g/mol. The summed E-state index contributed by atoms with van der Waals surface area (Å²) in [4.78, 5) is 4.88. The molecule has 0 fully saturated rings. The fourth-order valence-electron chi connectivity index (χ4n) is 3.30. The van der Waals surface area contributed by atoms with Crippen molar-refractivity contribution < 1.29 is 0 Å². The summed E-state index contributed by atoms with van der Waals surface area (Å²) in [6.45, 7) is 16.8. The summed E-state index contributed by atoms with van der Waals surface area (Å²) in [7, 11) is 4.46. The fourth-order valence-corrected chi connectivity index (χ4v) is 3.30. The third-order valence-electron chi connectivity index (χ3n) is 5.31. The Morgan fingerprint density at radius 2 is 1.54 bits per heavy atom. The van der Waals surface area contributed by atoms with Gasteiger partial charge in [-0.15, -0.1) is 0 Å². The highest BCUT2D eigenvalue weighted by molar-refractivity contribution is 5.22. The molecule has 1 aromatic carbocycles. The lowest BCUT2D eigenvalue weighted by Crippen LogP contribution is -2.38. The molecular weight excluding hydrogens is 318 g/mol. The Kier molecular flexibility index (Phi) is 10.4. The summed E-state index contributed by atoms with van der Waals surface area (Å²) in [5.74, 6) is 0.786. The van der Waals surface area contributed by atoms with Crippen LogP contribution >= 0.6 is 0 Å². The molecule has 0 saturated carbocycles. The van der Waals surface area contributed by atoms with E-state index in [0.29, 0.717) is 0 Å². The predicted octanol–water partition coefficient (Wildman–Crippen LogP) is 4.76. The van der Waals surface area contributed by atoms with Gasteiger partial charge in [0.25, 0.3) is 0 Å². The van der Waals surface area contributed by atoms with Crippen LogP contribution in [0.3, 0.4) is 0 Å². The van der Waals surface area contributed by atoms with Gasteiger partial charge in [-0.3, -0.25) is 0 Å². The number of hydrogen-bond donors (Lipinski definition) is 1. The fraction of sp³-hybridized carbons (Fsp3) is 0.739. The van der Waals surface area contributed by atoms with Crippen molar-refractivity contribution in [3.05, 3.63) is 35.4 Å². The van der Waals surface area contributed by atoms with Gasteiger partial charge in [-0.2, -0.15) is 0 Å². The lowest BCUT2D eigenvalue weighted by atomic mass is 9.98. The summed E-state index contributed by atoms with van der Waals surface area (Å²) in [6, 6.07) is 9.10. The smallest absolute Gasteiger partial charge is 0.0231 e. The molecule has 3 nitrogen and oxygen atoms in total. The summed E-state index contributed by atoms with van der Waals surface area (Å²) < 4.78 is 0. The molecule has 0 amide bonds. The molecule has 0 aliphatic carbocycles. The molecule has 0 radical (unpaired) electrons. The molecule has 1 rings (SSSR count). The van der Waals surface area contributed by atoms with Gasteiger partial charge in [-0.05, 0) is 51.4 Å². The van der Waals surface area contributed by atoms with Crippen molar-refractivity contribution >= 4 is 0 Å². The van der Waals surface area contributed by atoms with E-state index in [9.17, 15) is 0 Å². The van der Waals surface area contributed by atoms with Crippen LogP contribution in [0.15, 0.2) is 24.3 Å². The van der Waals surface area contributed by atoms with E-state index in [1.165, 1.54) is 36.9 Å². The first kappa shape index (κ1) is 23.1. The summed E-state index contributed by atoms with van der Waals surface area (Å²) in [5.41, 5.74) is 2.98. The molecule has 0 aliphatic rings. The Hall–Kier alpha value is -0.900. The van der Waals surface area contributed by atoms with Crippen molar-refractivity contribution in [2.45, 2.75) is 72.5 Å². The maximum atomic E-state index is 3.67. The van der Waals surface area contributed by atoms with E-state index in [4.69, 9.17) is 0 Å². The molecule has 1 atom stereocenters. The van der Waals surface area contributed by atoms with Crippen LogP contribution in [0, 0.1) is 5.92 Å². The minimum Gasteiger partial charge on any atom is -0.308 e. The second-order valence-corrected chi connectivity index (χ2v) is 8.82. The molecule has 0 aliphatic heterocycles. The standard InChI is InChI=1S/C23H43N3/c1-8-14-23(4,5)24-17-21-10-12-22(13-11-21)19-26(7)16-15-25(6)18-20(3)9-2/h10-13,20,24H,8-9,14-19H2,1-7H3. The molecule has 1 unspecified atom stereocenters. The van der Waals surface area contributed by atoms with Gasteiger partial charge in [0, 0.05) is 38.3 Å². The Bertz CT molecular complexity index is 481. The highest BCUT2D eigenvalue weighted by Gasteiger charge is 2.15. The van der Waals surface area contributed by atoms with Gasteiger partial charge in [0.2, 0.25) is 0 Å². The Morgan fingerprint density at radius 1 is 0.962 bits per heavy atom. The molecule has 0 spiro atoms. The minimum absolute atomic E-state index is 0.217. The lowest BCUT2D eigenvalue weighted by molar-refractivity contribution is 0.230. The number of nitrogens with one attached hydrogen (secondary N) is 1. The van der Waals surface area contributed by atoms with Crippen molar-refractivity contribution in [3.63, 3.8) is 0 Å². The van der Waals surface area contributed by atoms with E-state index < -0.39 is 0 Å². The monoisotopic (exact) mass is 361 g/mol. The van der Waals surface area contributed by atoms with Gasteiger partial charge in [0.05, 0.1) is 0 Å². The van der Waals surface area contributed by atoms with Crippen LogP contribution in [0.1, 0.15) is 65.0 Å². The van der Waals surface area contributed by atoms with Crippen molar-refractivity contribution in [1.82, 2.24) is 15.1 Å². The van der Waals surface area contributed by atoms with Crippen LogP contribution in [-0.2, 0) is 13.1 Å². The van der Waals surface area contributed by atoms with Gasteiger partial charge in [0.15, 0.2) is 0 Å². The van der Waals surface area contributed by atoms with Crippen molar-refractivity contribution in [3.8, 4) is 0 Å². The number of nitrogens with zero attached hydrogens (tertiary/aromatic N) is 2. The third kappa shape index (κ3) is 9.70. The first-order valence-corrected chi connectivity index (χ1v) is 10.5. The number of benzene rings is 1. The molecule has 0 bridgehead atoms. The molecule has 0 aromatic heterocycles. The van der Waals surface area contributed by atoms with Gasteiger partial charge in [0.1, 0.15) is 0 Å². The highest BCUT2D eigenvalue weighted by atomic mass is 15.2. The van der Waals surface area contributed by atoms with E-state index in [2.05, 4.69) is 88.1 Å². The first-order chi connectivity index (χ1) is 12.3. The summed E-state index contributed by atoms with van der Waals surface area (Å²) in [6.07, 6.45) is 3.69. The van der Waals surface area contributed by atoms with Gasteiger partial charge in [-0.25, -0.2) is 0 Å². The summed E-state index contributed by atoms with van der Waals surface area (Å²) in [5, 5.41) is 3.67. The van der Waals surface area contributed by atoms with E-state index in [-0.39, 0.29) is 5.54 Å². The maximum absolute atomic E-state index is 3.67. The molecule has 150 valence electrons. The van der Waals surface area contributed by atoms with Crippen LogP contribution in [0.2, 0.25) is 0 Å². The van der Waals surface area contributed by atoms with Gasteiger partial charge >= 0.3 is 0 Å². The van der Waals surface area contributed by atoms with Crippen LogP contribution in [-0.4, -0.2) is 49.1 Å². The topological polar surface area (TPSA) is 18.5 Å². The Morgan fingerprint density at radius 3 is 2.12 bits per heavy atom. The van der Waals surface area contributed by atoms with Crippen molar-refractivity contribution in [2.75, 3.05) is 33.7 Å². The normalized spacial score (nSPS) is 13.6. The second-order valence-electron chi connectivity index (χ2n) is 8.82. The zero-order valence-electron chi connectivity index (χ0n) is 18.4. The number of rotatable bonds is 13. The molecule has 3 heteroatoms. The molecule has 1 N–H and O–H groups in total. The Labute approximate surface area is 163 Å². The molecule has 26 heavy (non-hydrogen) atoms.